The molecule has 0 atom stereocenters. The largest absolute Gasteiger partial charge is 0.455 e. The molecule has 0 aliphatic rings. The average Bonchev–Trinajstić information content (AvgIpc) is 3.10. The topological polar surface area (TPSA) is 54.6 Å². The summed E-state index contributed by atoms with van der Waals surface area (Å²) in [5.74, 6) is 0.900. The summed E-state index contributed by atoms with van der Waals surface area (Å²) in [5, 5.41) is 5.02. The van der Waals surface area contributed by atoms with Crippen molar-refractivity contribution in [1.82, 2.24) is 5.43 Å². The number of nitrogens with one attached hydrogen (secondary N) is 1. The quantitative estimate of drug-likeness (QED) is 0.385. The van der Waals surface area contributed by atoms with Crippen LogP contribution in [0.15, 0.2) is 64.1 Å². The number of carbonyl (C=O) groups is 1. The summed E-state index contributed by atoms with van der Waals surface area (Å²) in [4.78, 5) is 12.1. The number of carbonyl (C=O) groups excluding carboxylic acids is 1. The molecular weight excluding hydrogens is 407 g/mol. The Morgan fingerprint density at radius 2 is 1.79 bits per heavy atom. The van der Waals surface area contributed by atoms with E-state index in [1.807, 2.05) is 12.1 Å². The molecule has 2 aromatic carbocycles. The third-order valence-corrected chi connectivity index (χ3v) is 4.94. The molecule has 4 nitrogen and oxygen atoms in total. The molecule has 0 bridgehead atoms. The van der Waals surface area contributed by atoms with E-state index in [4.69, 9.17) is 27.6 Å². The Balaban J connectivity index is 1.57. The molecule has 0 aliphatic carbocycles. The minimum Gasteiger partial charge on any atom is -0.455 e. The first-order valence-electron chi connectivity index (χ1n) is 9.19. The van der Waals surface area contributed by atoms with Gasteiger partial charge in [0.1, 0.15) is 11.5 Å². The molecular formula is C23H22Cl2N2O2. The predicted octanol–water partition coefficient (Wildman–Crippen LogP) is 6.24. The van der Waals surface area contributed by atoms with Crippen molar-refractivity contribution < 1.29 is 9.21 Å². The SMILES string of the molecule is CC(C)(C)c1ccc(CC(=O)N/N=C\c2ccc(-c3ccc(Cl)cc3Cl)o2)cc1. The van der Waals surface area contributed by atoms with E-state index < -0.39 is 0 Å². The third kappa shape index (κ3) is 5.72. The molecule has 0 saturated heterocycles. The van der Waals surface area contributed by atoms with E-state index in [1.54, 1.807) is 30.3 Å². The second kappa shape index (κ2) is 8.85. The number of halogens is 2. The van der Waals surface area contributed by atoms with E-state index in [2.05, 4.69) is 43.4 Å². The summed E-state index contributed by atoms with van der Waals surface area (Å²) in [6.45, 7) is 6.47. The first kappa shape index (κ1) is 21.2. The monoisotopic (exact) mass is 428 g/mol. The lowest BCUT2D eigenvalue weighted by Gasteiger charge is -2.19. The standard InChI is InChI=1S/C23H22Cl2N2O2/c1-23(2,3)16-6-4-15(5-7-16)12-22(28)27-26-14-18-9-11-21(29-18)19-10-8-17(24)13-20(19)25/h4-11,13-14H,12H2,1-3H3,(H,27,28)/b26-14-. The van der Waals surface area contributed by atoms with Crippen molar-refractivity contribution in [3.8, 4) is 11.3 Å². The molecule has 150 valence electrons. The Hall–Kier alpha value is -2.56. The minimum absolute atomic E-state index is 0.0865. The van der Waals surface area contributed by atoms with Gasteiger partial charge in [-0.15, -0.1) is 0 Å². The number of hydrazone groups is 1. The zero-order valence-corrected chi connectivity index (χ0v) is 18.0. The van der Waals surface area contributed by atoms with Crippen LogP contribution in [0.4, 0.5) is 0 Å². The Labute approximate surface area is 180 Å². The van der Waals surface area contributed by atoms with Crippen LogP contribution in [0.5, 0.6) is 0 Å². The number of hydrogen-bond acceptors (Lipinski definition) is 3. The number of benzene rings is 2. The van der Waals surface area contributed by atoms with Gasteiger partial charge in [0.05, 0.1) is 17.7 Å². The maximum Gasteiger partial charge on any atom is 0.244 e. The molecule has 3 aromatic rings. The van der Waals surface area contributed by atoms with Crippen LogP contribution < -0.4 is 5.43 Å². The molecule has 0 fully saturated rings. The van der Waals surface area contributed by atoms with E-state index >= 15 is 0 Å². The maximum atomic E-state index is 12.1. The van der Waals surface area contributed by atoms with E-state index in [0.717, 1.165) is 11.1 Å². The lowest BCUT2D eigenvalue weighted by atomic mass is 9.86. The zero-order valence-electron chi connectivity index (χ0n) is 16.5. The van der Waals surface area contributed by atoms with E-state index in [9.17, 15) is 4.79 Å². The minimum atomic E-state index is -0.197. The van der Waals surface area contributed by atoms with Crippen LogP contribution in [0.2, 0.25) is 10.0 Å². The highest BCUT2D eigenvalue weighted by Crippen LogP contribution is 2.31. The van der Waals surface area contributed by atoms with Gasteiger partial charge in [-0.2, -0.15) is 5.10 Å². The summed E-state index contributed by atoms with van der Waals surface area (Å²) < 4.78 is 5.71. The van der Waals surface area contributed by atoms with Crippen molar-refractivity contribution in [2.75, 3.05) is 0 Å². The fourth-order valence-corrected chi connectivity index (χ4v) is 3.27. The Morgan fingerprint density at radius 3 is 2.45 bits per heavy atom. The van der Waals surface area contributed by atoms with Gasteiger partial charge in [0.15, 0.2) is 0 Å². The number of amides is 1. The first-order chi connectivity index (χ1) is 13.7. The smallest absolute Gasteiger partial charge is 0.244 e. The second-order valence-corrected chi connectivity index (χ2v) is 8.59. The van der Waals surface area contributed by atoms with Gasteiger partial charge < -0.3 is 4.42 Å². The van der Waals surface area contributed by atoms with Gasteiger partial charge >= 0.3 is 0 Å². The van der Waals surface area contributed by atoms with Crippen molar-refractivity contribution in [3.63, 3.8) is 0 Å². The molecule has 1 aromatic heterocycles. The third-order valence-electron chi connectivity index (χ3n) is 4.39. The zero-order chi connectivity index (χ0) is 21.0. The molecule has 0 saturated carbocycles. The highest BCUT2D eigenvalue weighted by Gasteiger charge is 2.13. The number of nitrogens with zero attached hydrogens (tertiary/aromatic N) is 1. The van der Waals surface area contributed by atoms with E-state index in [-0.39, 0.29) is 17.7 Å². The van der Waals surface area contributed by atoms with Gasteiger partial charge in [-0.25, -0.2) is 5.43 Å². The molecule has 0 spiro atoms. The summed E-state index contributed by atoms with van der Waals surface area (Å²) in [5.41, 5.74) is 5.50. The molecule has 29 heavy (non-hydrogen) atoms. The van der Waals surface area contributed by atoms with Crippen LogP contribution in [-0.4, -0.2) is 12.1 Å². The Kier molecular flexibility index (Phi) is 6.46. The molecule has 0 aliphatic heterocycles. The molecule has 3 rings (SSSR count). The van der Waals surface area contributed by atoms with Crippen molar-refractivity contribution in [2.45, 2.75) is 32.6 Å². The number of hydrogen-bond donors (Lipinski definition) is 1. The van der Waals surface area contributed by atoms with Crippen LogP contribution >= 0.6 is 23.2 Å². The van der Waals surface area contributed by atoms with Crippen LogP contribution in [0.3, 0.4) is 0 Å². The lowest BCUT2D eigenvalue weighted by molar-refractivity contribution is -0.120. The summed E-state index contributed by atoms with van der Waals surface area (Å²) in [7, 11) is 0. The van der Waals surface area contributed by atoms with Gasteiger partial charge in [-0.3, -0.25) is 4.79 Å². The van der Waals surface area contributed by atoms with E-state index in [0.29, 0.717) is 21.6 Å². The Morgan fingerprint density at radius 1 is 1.07 bits per heavy atom. The van der Waals surface area contributed by atoms with Crippen LogP contribution in [-0.2, 0) is 16.6 Å². The summed E-state index contributed by atoms with van der Waals surface area (Å²) in [6.07, 6.45) is 1.71. The van der Waals surface area contributed by atoms with Crippen molar-refractivity contribution in [2.24, 2.45) is 5.10 Å². The fraction of sp³-hybridized carbons (Fsp3) is 0.217. The fourth-order valence-electron chi connectivity index (χ4n) is 2.77. The maximum absolute atomic E-state index is 12.1. The number of furan rings is 1. The average molecular weight is 429 g/mol. The molecule has 1 amide bonds. The van der Waals surface area contributed by atoms with Gasteiger partial charge in [0.2, 0.25) is 5.91 Å². The van der Waals surface area contributed by atoms with Crippen LogP contribution in [0, 0.1) is 0 Å². The summed E-state index contributed by atoms with van der Waals surface area (Å²) >= 11 is 12.1. The van der Waals surface area contributed by atoms with Gasteiger partial charge in [-0.05, 0) is 46.9 Å². The van der Waals surface area contributed by atoms with Crippen LogP contribution in [0.1, 0.15) is 37.7 Å². The predicted molar refractivity (Wildman–Crippen MR) is 119 cm³/mol. The summed E-state index contributed by atoms with van der Waals surface area (Å²) in [6, 6.07) is 16.8. The molecule has 1 N–H and O–H groups in total. The lowest BCUT2D eigenvalue weighted by Crippen LogP contribution is -2.20. The van der Waals surface area contributed by atoms with Crippen LogP contribution in [0.25, 0.3) is 11.3 Å². The normalized spacial score (nSPS) is 11.8. The van der Waals surface area contributed by atoms with Gasteiger partial charge in [-0.1, -0.05) is 68.2 Å². The first-order valence-corrected chi connectivity index (χ1v) is 9.94. The molecule has 0 unspecified atom stereocenters. The molecule has 0 radical (unpaired) electrons. The van der Waals surface area contributed by atoms with Gasteiger partial charge in [0.25, 0.3) is 0 Å². The van der Waals surface area contributed by atoms with Gasteiger partial charge in [0, 0.05) is 10.6 Å². The second-order valence-electron chi connectivity index (χ2n) is 7.74. The molecule has 6 heteroatoms. The van der Waals surface area contributed by atoms with E-state index in [1.165, 1.54) is 11.8 Å². The van der Waals surface area contributed by atoms with Crippen molar-refractivity contribution in [1.29, 1.82) is 0 Å². The van der Waals surface area contributed by atoms with Crippen molar-refractivity contribution >= 4 is 35.3 Å². The highest BCUT2D eigenvalue weighted by molar-refractivity contribution is 6.36. The Bertz CT molecular complexity index is 1030. The number of rotatable bonds is 5. The van der Waals surface area contributed by atoms with Crippen molar-refractivity contribution in [3.05, 3.63) is 81.5 Å². The highest BCUT2D eigenvalue weighted by atomic mass is 35.5. The molecule has 1 heterocycles.